The lowest BCUT2D eigenvalue weighted by Crippen LogP contribution is -2.21. The predicted molar refractivity (Wildman–Crippen MR) is 80.3 cm³/mol. The van der Waals surface area contributed by atoms with Gasteiger partial charge in [-0.1, -0.05) is 0 Å². The fourth-order valence-corrected chi connectivity index (χ4v) is 1.76. The molecule has 0 saturated heterocycles. The molecule has 21 heavy (non-hydrogen) atoms. The summed E-state index contributed by atoms with van der Waals surface area (Å²) in [4.78, 5) is 0. The molecule has 1 atom stereocenters. The number of aliphatic hydroxyl groups excluding tert-OH is 3. The number of hydrogen-bond donors (Lipinski definition) is 3. The van der Waals surface area contributed by atoms with Crippen molar-refractivity contribution in [2.75, 3.05) is 52.9 Å². The average molecular weight is 308 g/mol. The Balaban J connectivity index is 3.61. The minimum Gasteiger partial charge on any atom is -0.396 e. The van der Waals surface area contributed by atoms with Gasteiger partial charge < -0.3 is 29.5 Å². The van der Waals surface area contributed by atoms with Gasteiger partial charge in [0.2, 0.25) is 0 Å². The first-order valence-electron chi connectivity index (χ1n) is 7.94. The van der Waals surface area contributed by atoms with Crippen molar-refractivity contribution in [3.8, 4) is 0 Å². The van der Waals surface area contributed by atoms with E-state index in [0.29, 0.717) is 52.3 Å². The summed E-state index contributed by atoms with van der Waals surface area (Å²) in [5, 5.41) is 26.1. The van der Waals surface area contributed by atoms with E-state index in [0.717, 1.165) is 19.3 Å². The molecule has 0 aliphatic heterocycles. The van der Waals surface area contributed by atoms with Gasteiger partial charge in [-0.3, -0.25) is 0 Å². The van der Waals surface area contributed by atoms with E-state index < -0.39 is 0 Å². The minimum absolute atomic E-state index is 0.0349. The Bertz CT molecular complexity index is 191. The van der Waals surface area contributed by atoms with Gasteiger partial charge in [0.1, 0.15) is 0 Å². The molecule has 0 aliphatic carbocycles. The minimum atomic E-state index is 0.0349. The van der Waals surface area contributed by atoms with Gasteiger partial charge in [-0.25, -0.2) is 0 Å². The molecule has 0 spiro atoms. The molecule has 3 N–H and O–H groups in total. The summed E-state index contributed by atoms with van der Waals surface area (Å²) in [7, 11) is 0. The fraction of sp³-hybridized carbons (Fsp3) is 1.00. The van der Waals surface area contributed by atoms with Crippen LogP contribution >= 0.6 is 0 Å². The summed E-state index contributed by atoms with van der Waals surface area (Å²) in [6.45, 7) is 3.37. The number of aliphatic hydroxyl groups is 3. The van der Waals surface area contributed by atoms with Gasteiger partial charge in [0, 0.05) is 46.2 Å². The highest BCUT2D eigenvalue weighted by molar-refractivity contribution is 4.58. The summed E-state index contributed by atoms with van der Waals surface area (Å²) < 4.78 is 16.5. The lowest BCUT2D eigenvalue weighted by atomic mass is 10.1. The predicted octanol–water partition coefficient (Wildman–Crippen LogP) is 0.722. The molecule has 0 fully saturated rings. The number of hydrogen-bond acceptors (Lipinski definition) is 6. The average Bonchev–Trinajstić information content (AvgIpc) is 2.50. The van der Waals surface area contributed by atoms with Crippen LogP contribution in [0.25, 0.3) is 0 Å². The summed E-state index contributed by atoms with van der Waals surface area (Å²) in [5.41, 5.74) is 0. The highest BCUT2D eigenvalue weighted by Gasteiger charge is 2.09. The third kappa shape index (κ3) is 16.0. The van der Waals surface area contributed by atoms with Gasteiger partial charge in [-0.15, -0.1) is 0 Å². The Labute approximate surface area is 128 Å². The molecule has 0 rings (SSSR count). The zero-order chi connectivity index (χ0) is 15.6. The van der Waals surface area contributed by atoms with Gasteiger partial charge in [0.25, 0.3) is 0 Å². The molecule has 6 heteroatoms. The van der Waals surface area contributed by atoms with Crippen molar-refractivity contribution in [3.63, 3.8) is 0 Å². The molecule has 1 unspecified atom stereocenters. The van der Waals surface area contributed by atoms with Crippen LogP contribution in [0.2, 0.25) is 0 Å². The quantitative estimate of drug-likeness (QED) is 0.343. The van der Waals surface area contributed by atoms with Gasteiger partial charge >= 0.3 is 0 Å². The van der Waals surface area contributed by atoms with E-state index in [-0.39, 0.29) is 25.9 Å². The number of rotatable bonds is 17. The van der Waals surface area contributed by atoms with Crippen molar-refractivity contribution in [2.24, 2.45) is 0 Å². The van der Waals surface area contributed by atoms with E-state index in [1.54, 1.807) is 0 Å². The molecule has 0 aromatic heterocycles. The van der Waals surface area contributed by atoms with Crippen molar-refractivity contribution in [1.82, 2.24) is 0 Å². The van der Waals surface area contributed by atoms with Crippen LogP contribution in [0.15, 0.2) is 0 Å². The fourth-order valence-electron chi connectivity index (χ4n) is 1.76. The van der Waals surface area contributed by atoms with Crippen LogP contribution in [-0.4, -0.2) is 74.3 Å². The smallest absolute Gasteiger partial charge is 0.0808 e. The maximum absolute atomic E-state index is 8.77. The molecule has 0 radical (unpaired) electrons. The maximum Gasteiger partial charge on any atom is 0.0808 e. The van der Waals surface area contributed by atoms with Crippen LogP contribution < -0.4 is 0 Å². The lowest BCUT2D eigenvalue weighted by Gasteiger charge is -2.18. The maximum atomic E-state index is 8.77. The molecular weight excluding hydrogens is 276 g/mol. The number of unbranched alkanes of at least 4 members (excludes halogenated alkanes) is 1. The van der Waals surface area contributed by atoms with Crippen LogP contribution in [-0.2, 0) is 14.2 Å². The molecule has 0 heterocycles. The molecule has 6 nitrogen and oxygen atoms in total. The lowest BCUT2D eigenvalue weighted by molar-refractivity contribution is -0.0278. The van der Waals surface area contributed by atoms with Crippen molar-refractivity contribution < 1.29 is 29.5 Å². The van der Waals surface area contributed by atoms with E-state index in [2.05, 4.69) is 0 Å². The molecule has 0 aromatic rings. The van der Waals surface area contributed by atoms with Crippen molar-refractivity contribution in [3.05, 3.63) is 0 Å². The third-order valence-corrected chi connectivity index (χ3v) is 2.92. The summed E-state index contributed by atoms with van der Waals surface area (Å²) in [6.07, 6.45) is 4.85. The summed E-state index contributed by atoms with van der Waals surface area (Å²) >= 11 is 0. The Kier molecular flexibility index (Phi) is 17.6. The van der Waals surface area contributed by atoms with Gasteiger partial charge in [0.15, 0.2) is 0 Å². The van der Waals surface area contributed by atoms with E-state index in [9.17, 15) is 0 Å². The van der Waals surface area contributed by atoms with Crippen LogP contribution in [0.5, 0.6) is 0 Å². The van der Waals surface area contributed by atoms with E-state index in [4.69, 9.17) is 29.5 Å². The Morgan fingerprint density at radius 2 is 1.19 bits per heavy atom. The van der Waals surface area contributed by atoms with Crippen LogP contribution in [0.1, 0.15) is 38.5 Å². The van der Waals surface area contributed by atoms with E-state index in [1.807, 2.05) is 0 Å². The first kappa shape index (κ1) is 20.8. The normalized spacial score (nSPS) is 12.7. The second-order valence-electron chi connectivity index (χ2n) is 4.91. The first-order valence-corrected chi connectivity index (χ1v) is 7.94. The van der Waals surface area contributed by atoms with Crippen molar-refractivity contribution >= 4 is 0 Å². The molecule has 0 aliphatic rings. The van der Waals surface area contributed by atoms with Gasteiger partial charge in [-0.2, -0.15) is 0 Å². The second-order valence-corrected chi connectivity index (χ2v) is 4.91. The SMILES string of the molecule is OCCCOCCCCC(COCCCO)OCCCO. The molecular formula is C15H32O6. The van der Waals surface area contributed by atoms with E-state index >= 15 is 0 Å². The third-order valence-electron chi connectivity index (χ3n) is 2.92. The standard InChI is InChI=1S/C15H32O6/c16-7-3-11-19-10-2-1-6-15(21-13-5-9-18)14-20-12-4-8-17/h15-18H,1-14H2. The van der Waals surface area contributed by atoms with E-state index in [1.165, 1.54) is 0 Å². The van der Waals surface area contributed by atoms with Gasteiger partial charge in [0.05, 0.1) is 12.7 Å². The zero-order valence-corrected chi connectivity index (χ0v) is 13.0. The Morgan fingerprint density at radius 3 is 1.86 bits per heavy atom. The van der Waals surface area contributed by atoms with Gasteiger partial charge in [-0.05, 0) is 38.5 Å². The molecule has 0 amide bonds. The van der Waals surface area contributed by atoms with Crippen LogP contribution in [0, 0.1) is 0 Å². The van der Waals surface area contributed by atoms with Crippen LogP contribution in [0.3, 0.4) is 0 Å². The highest BCUT2D eigenvalue weighted by Crippen LogP contribution is 2.07. The number of ether oxygens (including phenoxy) is 3. The topological polar surface area (TPSA) is 88.4 Å². The molecule has 0 bridgehead atoms. The molecule has 128 valence electrons. The largest absolute Gasteiger partial charge is 0.396 e. The van der Waals surface area contributed by atoms with Crippen molar-refractivity contribution in [2.45, 2.75) is 44.6 Å². The first-order chi connectivity index (χ1) is 10.3. The summed E-state index contributed by atoms with van der Waals surface area (Å²) in [5.74, 6) is 0. The monoisotopic (exact) mass is 308 g/mol. The molecule has 0 saturated carbocycles. The Morgan fingerprint density at radius 1 is 0.619 bits per heavy atom. The molecule has 0 aromatic carbocycles. The Hall–Kier alpha value is -0.240. The second kappa shape index (κ2) is 17.8. The zero-order valence-electron chi connectivity index (χ0n) is 13.0. The highest BCUT2D eigenvalue weighted by atomic mass is 16.5. The van der Waals surface area contributed by atoms with Crippen LogP contribution in [0.4, 0.5) is 0 Å². The summed E-state index contributed by atoms with van der Waals surface area (Å²) in [6, 6.07) is 0. The van der Waals surface area contributed by atoms with Crippen molar-refractivity contribution in [1.29, 1.82) is 0 Å².